The number of rotatable bonds is 3. The highest BCUT2D eigenvalue weighted by molar-refractivity contribution is 6.03. The fourth-order valence-corrected chi connectivity index (χ4v) is 1.92. The SMILES string of the molecule is Nc1ccc(-c2coc(NC(=O)c3cccc(F)c3)n2)cc1. The lowest BCUT2D eigenvalue weighted by Gasteiger charge is -2.00. The molecule has 3 aromatic rings. The quantitative estimate of drug-likeness (QED) is 0.727. The Morgan fingerprint density at radius 1 is 1.18 bits per heavy atom. The molecule has 1 amide bonds. The number of halogens is 1. The van der Waals surface area contributed by atoms with E-state index in [4.69, 9.17) is 10.2 Å². The Morgan fingerprint density at radius 2 is 1.95 bits per heavy atom. The molecule has 2 aromatic carbocycles. The van der Waals surface area contributed by atoms with E-state index in [1.165, 1.54) is 24.5 Å². The summed E-state index contributed by atoms with van der Waals surface area (Å²) in [6, 6.07) is 12.5. The number of amides is 1. The second kappa shape index (κ2) is 5.69. The lowest BCUT2D eigenvalue weighted by molar-refractivity contribution is 0.102. The maximum absolute atomic E-state index is 13.1. The summed E-state index contributed by atoms with van der Waals surface area (Å²) in [4.78, 5) is 16.1. The highest BCUT2D eigenvalue weighted by Crippen LogP contribution is 2.22. The molecule has 0 fully saturated rings. The van der Waals surface area contributed by atoms with E-state index < -0.39 is 11.7 Å². The van der Waals surface area contributed by atoms with Crippen LogP contribution in [-0.2, 0) is 0 Å². The minimum atomic E-state index is -0.495. The Labute approximate surface area is 125 Å². The molecule has 6 heteroatoms. The first-order valence-corrected chi connectivity index (χ1v) is 6.50. The van der Waals surface area contributed by atoms with Gasteiger partial charge in [-0.3, -0.25) is 10.1 Å². The van der Waals surface area contributed by atoms with Crippen LogP contribution in [0.4, 0.5) is 16.1 Å². The van der Waals surface area contributed by atoms with Crippen molar-refractivity contribution in [1.82, 2.24) is 4.98 Å². The van der Waals surface area contributed by atoms with Crippen LogP contribution in [0.1, 0.15) is 10.4 Å². The third kappa shape index (κ3) is 2.95. The van der Waals surface area contributed by atoms with Gasteiger partial charge in [-0.2, -0.15) is 4.98 Å². The van der Waals surface area contributed by atoms with Crippen LogP contribution in [-0.4, -0.2) is 10.9 Å². The third-order valence-electron chi connectivity index (χ3n) is 3.02. The molecule has 0 bridgehead atoms. The van der Waals surface area contributed by atoms with Crippen LogP contribution in [0, 0.1) is 5.82 Å². The van der Waals surface area contributed by atoms with Gasteiger partial charge in [0.1, 0.15) is 17.8 Å². The molecule has 0 atom stereocenters. The summed E-state index contributed by atoms with van der Waals surface area (Å²) in [5.41, 5.74) is 7.83. The Morgan fingerprint density at radius 3 is 2.68 bits per heavy atom. The molecule has 22 heavy (non-hydrogen) atoms. The first-order chi connectivity index (χ1) is 10.6. The summed E-state index contributed by atoms with van der Waals surface area (Å²) in [6.07, 6.45) is 1.42. The van der Waals surface area contributed by atoms with Crippen LogP contribution in [0.3, 0.4) is 0 Å². The van der Waals surface area contributed by atoms with E-state index in [0.717, 1.165) is 11.6 Å². The zero-order chi connectivity index (χ0) is 15.5. The minimum Gasteiger partial charge on any atom is -0.431 e. The predicted molar refractivity (Wildman–Crippen MR) is 80.7 cm³/mol. The molecule has 0 unspecified atom stereocenters. The number of hydrogen-bond acceptors (Lipinski definition) is 4. The van der Waals surface area contributed by atoms with Gasteiger partial charge in [0, 0.05) is 16.8 Å². The molecule has 3 rings (SSSR count). The van der Waals surface area contributed by atoms with Crippen molar-refractivity contribution < 1.29 is 13.6 Å². The lowest BCUT2D eigenvalue weighted by atomic mass is 10.1. The van der Waals surface area contributed by atoms with Crippen molar-refractivity contribution in [3.8, 4) is 11.3 Å². The Hall–Kier alpha value is -3.15. The van der Waals surface area contributed by atoms with Gasteiger partial charge in [-0.25, -0.2) is 4.39 Å². The first-order valence-electron chi connectivity index (χ1n) is 6.50. The van der Waals surface area contributed by atoms with Crippen LogP contribution in [0.25, 0.3) is 11.3 Å². The molecule has 5 nitrogen and oxygen atoms in total. The fourth-order valence-electron chi connectivity index (χ4n) is 1.92. The maximum Gasteiger partial charge on any atom is 0.302 e. The molecule has 0 aliphatic carbocycles. The monoisotopic (exact) mass is 297 g/mol. The van der Waals surface area contributed by atoms with Crippen molar-refractivity contribution in [2.75, 3.05) is 11.1 Å². The summed E-state index contributed by atoms with van der Waals surface area (Å²) in [5.74, 6) is -0.979. The molecule has 0 spiro atoms. The van der Waals surface area contributed by atoms with Crippen LogP contribution >= 0.6 is 0 Å². The number of carbonyl (C=O) groups is 1. The molecule has 3 N–H and O–H groups in total. The highest BCUT2D eigenvalue weighted by Gasteiger charge is 2.11. The zero-order valence-electron chi connectivity index (χ0n) is 11.4. The Balaban J connectivity index is 1.77. The second-order valence-electron chi connectivity index (χ2n) is 4.62. The number of benzene rings is 2. The third-order valence-corrected chi connectivity index (χ3v) is 3.02. The van der Waals surface area contributed by atoms with E-state index in [2.05, 4.69) is 10.3 Å². The highest BCUT2D eigenvalue weighted by atomic mass is 19.1. The van der Waals surface area contributed by atoms with Gasteiger partial charge in [0.2, 0.25) is 0 Å². The summed E-state index contributed by atoms with van der Waals surface area (Å²) in [5, 5.41) is 2.48. The van der Waals surface area contributed by atoms with Gasteiger partial charge in [0.25, 0.3) is 5.91 Å². The summed E-state index contributed by atoms with van der Waals surface area (Å²) in [7, 11) is 0. The average Bonchev–Trinajstić information content (AvgIpc) is 2.96. The fraction of sp³-hybridized carbons (Fsp3) is 0. The van der Waals surface area contributed by atoms with E-state index in [0.29, 0.717) is 11.4 Å². The van der Waals surface area contributed by atoms with Crippen molar-refractivity contribution in [1.29, 1.82) is 0 Å². The molecule has 1 heterocycles. The van der Waals surface area contributed by atoms with Gasteiger partial charge >= 0.3 is 6.01 Å². The molecular formula is C16H12FN3O2. The number of nitrogens with zero attached hydrogens (tertiary/aromatic N) is 1. The van der Waals surface area contributed by atoms with Crippen LogP contribution in [0.2, 0.25) is 0 Å². The van der Waals surface area contributed by atoms with Crippen molar-refractivity contribution in [3.63, 3.8) is 0 Å². The molecule has 0 saturated heterocycles. The van der Waals surface area contributed by atoms with Gasteiger partial charge in [-0.15, -0.1) is 0 Å². The summed E-state index contributed by atoms with van der Waals surface area (Å²) in [6.45, 7) is 0. The molecule has 0 radical (unpaired) electrons. The number of anilines is 2. The van der Waals surface area contributed by atoms with E-state index in [1.807, 2.05) is 0 Å². The van der Waals surface area contributed by atoms with Crippen LogP contribution in [0.5, 0.6) is 0 Å². The summed E-state index contributed by atoms with van der Waals surface area (Å²) >= 11 is 0. The minimum absolute atomic E-state index is 0.0427. The molecule has 0 aliphatic heterocycles. The van der Waals surface area contributed by atoms with Gasteiger partial charge in [0.15, 0.2) is 0 Å². The zero-order valence-corrected chi connectivity index (χ0v) is 11.4. The summed E-state index contributed by atoms with van der Waals surface area (Å²) < 4.78 is 18.3. The smallest absolute Gasteiger partial charge is 0.302 e. The van der Waals surface area contributed by atoms with Crippen molar-refractivity contribution in [2.24, 2.45) is 0 Å². The number of aromatic nitrogens is 1. The molecule has 1 aromatic heterocycles. The van der Waals surface area contributed by atoms with E-state index in [9.17, 15) is 9.18 Å². The van der Waals surface area contributed by atoms with Gasteiger partial charge in [-0.05, 0) is 30.3 Å². The molecular weight excluding hydrogens is 285 g/mol. The lowest BCUT2D eigenvalue weighted by Crippen LogP contribution is -2.12. The Bertz CT molecular complexity index is 812. The average molecular weight is 297 g/mol. The van der Waals surface area contributed by atoms with E-state index >= 15 is 0 Å². The van der Waals surface area contributed by atoms with Crippen molar-refractivity contribution in [3.05, 3.63) is 66.2 Å². The van der Waals surface area contributed by atoms with E-state index in [-0.39, 0.29) is 11.6 Å². The maximum atomic E-state index is 13.1. The molecule has 110 valence electrons. The van der Waals surface area contributed by atoms with Crippen molar-refractivity contribution in [2.45, 2.75) is 0 Å². The van der Waals surface area contributed by atoms with Crippen LogP contribution < -0.4 is 11.1 Å². The number of oxazole rings is 1. The van der Waals surface area contributed by atoms with Gasteiger partial charge < -0.3 is 10.2 Å². The number of nitrogen functional groups attached to an aromatic ring is 1. The van der Waals surface area contributed by atoms with Gasteiger partial charge in [0.05, 0.1) is 0 Å². The second-order valence-corrected chi connectivity index (χ2v) is 4.62. The predicted octanol–water partition coefficient (Wildman–Crippen LogP) is 3.32. The largest absolute Gasteiger partial charge is 0.431 e. The van der Waals surface area contributed by atoms with Crippen LogP contribution in [0.15, 0.2) is 59.2 Å². The molecule has 0 aliphatic rings. The number of hydrogen-bond donors (Lipinski definition) is 2. The topological polar surface area (TPSA) is 81.1 Å². The first kappa shape index (κ1) is 13.8. The number of carbonyl (C=O) groups excluding carboxylic acids is 1. The standard InChI is InChI=1S/C16H12FN3O2/c17-12-3-1-2-11(8-12)15(21)20-16-19-14(9-22-16)10-4-6-13(18)7-5-10/h1-9H,18H2,(H,19,20,21). The number of nitrogens with one attached hydrogen (secondary N) is 1. The Kier molecular flexibility index (Phi) is 3.57. The normalized spacial score (nSPS) is 10.4. The number of nitrogens with two attached hydrogens (primary N) is 1. The van der Waals surface area contributed by atoms with Crippen molar-refractivity contribution >= 4 is 17.6 Å². The van der Waals surface area contributed by atoms with Gasteiger partial charge in [-0.1, -0.05) is 18.2 Å². The van der Waals surface area contributed by atoms with E-state index in [1.54, 1.807) is 24.3 Å². The molecule has 0 saturated carbocycles.